The van der Waals surface area contributed by atoms with Crippen LogP contribution in [0, 0.1) is 0 Å². The number of methoxy groups -OCH3 is 1. The van der Waals surface area contributed by atoms with Gasteiger partial charge in [0.15, 0.2) is 0 Å². The molecule has 0 aromatic carbocycles. The fourth-order valence-electron chi connectivity index (χ4n) is 0.796. The van der Waals surface area contributed by atoms with Crippen molar-refractivity contribution in [2.45, 2.75) is 6.92 Å². The van der Waals surface area contributed by atoms with Crippen molar-refractivity contribution in [3.8, 4) is 0 Å². The van der Waals surface area contributed by atoms with E-state index in [2.05, 4.69) is 11.3 Å². The Morgan fingerprint density at radius 3 is 2.36 bits per heavy atom. The van der Waals surface area contributed by atoms with Gasteiger partial charge in [0.2, 0.25) is 0 Å². The quantitative estimate of drug-likeness (QED) is 0.292. The van der Waals surface area contributed by atoms with Crippen molar-refractivity contribution >= 4 is 13.1 Å². The zero-order valence-electron chi connectivity index (χ0n) is 8.23. The Labute approximate surface area is 83.3 Å². The normalized spacial score (nSPS) is 12.3. The molecule has 0 aromatic rings. The molecule has 0 unspecified atom stereocenters. The van der Waals surface area contributed by atoms with Gasteiger partial charge in [-0.1, -0.05) is 18.7 Å². The fraction of sp³-hybridized carbons (Fsp3) is 0.222. The van der Waals surface area contributed by atoms with E-state index in [9.17, 15) is 4.79 Å². The summed E-state index contributed by atoms with van der Waals surface area (Å²) in [6.45, 7) is 5.03. The standard InChI is InChI=1S/C9H13BO4/c1-4-7(9(11)14-3)6-8(5-2)10(12)13/h4-6,12-13H,2H2,1,3H3/b7-4+,8-6+. The van der Waals surface area contributed by atoms with Crippen LogP contribution in [0.25, 0.3) is 0 Å². The first-order valence-corrected chi connectivity index (χ1v) is 4.01. The second-order valence-electron chi connectivity index (χ2n) is 2.46. The number of hydrogen-bond acceptors (Lipinski definition) is 4. The van der Waals surface area contributed by atoms with Crippen molar-refractivity contribution in [1.29, 1.82) is 0 Å². The van der Waals surface area contributed by atoms with E-state index in [4.69, 9.17) is 10.0 Å². The van der Waals surface area contributed by atoms with Crippen LogP contribution in [-0.4, -0.2) is 30.2 Å². The van der Waals surface area contributed by atoms with Gasteiger partial charge in [-0.3, -0.25) is 0 Å². The average Bonchev–Trinajstić information content (AvgIpc) is 2.18. The molecule has 0 aliphatic carbocycles. The molecule has 0 spiro atoms. The summed E-state index contributed by atoms with van der Waals surface area (Å²) < 4.78 is 4.48. The van der Waals surface area contributed by atoms with E-state index in [-0.39, 0.29) is 11.0 Å². The summed E-state index contributed by atoms with van der Waals surface area (Å²) in [7, 11) is -0.394. The van der Waals surface area contributed by atoms with Gasteiger partial charge >= 0.3 is 13.1 Å². The lowest BCUT2D eigenvalue weighted by atomic mass is 9.78. The highest BCUT2D eigenvalue weighted by Crippen LogP contribution is 2.06. The van der Waals surface area contributed by atoms with Gasteiger partial charge in [0.05, 0.1) is 12.7 Å². The minimum Gasteiger partial charge on any atom is -0.465 e. The number of carbonyl (C=O) groups is 1. The Morgan fingerprint density at radius 2 is 2.07 bits per heavy atom. The molecular weight excluding hydrogens is 183 g/mol. The third-order valence-corrected chi connectivity index (χ3v) is 1.59. The minimum absolute atomic E-state index is 0.142. The summed E-state index contributed by atoms with van der Waals surface area (Å²) in [6, 6.07) is 0. The van der Waals surface area contributed by atoms with E-state index < -0.39 is 13.1 Å². The van der Waals surface area contributed by atoms with Crippen LogP contribution in [-0.2, 0) is 9.53 Å². The van der Waals surface area contributed by atoms with Crippen molar-refractivity contribution in [1.82, 2.24) is 0 Å². The molecule has 0 radical (unpaired) electrons. The van der Waals surface area contributed by atoms with E-state index >= 15 is 0 Å². The largest absolute Gasteiger partial charge is 0.488 e. The second kappa shape index (κ2) is 6.18. The molecule has 14 heavy (non-hydrogen) atoms. The Bertz CT molecular complexity index is 279. The number of esters is 1. The van der Waals surface area contributed by atoms with Crippen LogP contribution in [0.15, 0.2) is 35.9 Å². The first-order chi connectivity index (χ1) is 6.56. The van der Waals surface area contributed by atoms with Crippen molar-refractivity contribution in [2.75, 3.05) is 7.11 Å². The van der Waals surface area contributed by atoms with E-state index in [1.54, 1.807) is 6.92 Å². The van der Waals surface area contributed by atoms with Crippen molar-refractivity contribution in [3.63, 3.8) is 0 Å². The highest BCUT2D eigenvalue weighted by molar-refractivity contribution is 6.52. The van der Waals surface area contributed by atoms with Gasteiger partial charge in [-0.05, 0) is 18.5 Å². The fourth-order valence-corrected chi connectivity index (χ4v) is 0.796. The SMILES string of the molecule is C=C/C(=C\C(=C/C)C(=O)OC)B(O)O. The summed E-state index contributed by atoms with van der Waals surface area (Å²) >= 11 is 0. The van der Waals surface area contributed by atoms with E-state index in [0.717, 1.165) is 0 Å². The molecule has 5 heteroatoms. The van der Waals surface area contributed by atoms with Crippen molar-refractivity contribution < 1.29 is 19.6 Å². The molecule has 0 saturated carbocycles. The molecule has 2 N–H and O–H groups in total. The molecular formula is C9H13BO4. The lowest BCUT2D eigenvalue weighted by Crippen LogP contribution is -2.15. The van der Waals surface area contributed by atoms with Gasteiger partial charge < -0.3 is 14.8 Å². The van der Waals surface area contributed by atoms with Crippen LogP contribution in [0.4, 0.5) is 0 Å². The molecule has 0 aliphatic heterocycles. The minimum atomic E-state index is -1.65. The first-order valence-electron chi connectivity index (χ1n) is 4.01. The van der Waals surface area contributed by atoms with Gasteiger partial charge in [-0.25, -0.2) is 4.79 Å². The highest BCUT2D eigenvalue weighted by atomic mass is 16.5. The topological polar surface area (TPSA) is 66.8 Å². The monoisotopic (exact) mass is 196 g/mol. The number of carbonyl (C=O) groups excluding carboxylic acids is 1. The molecule has 0 aromatic heterocycles. The van der Waals surface area contributed by atoms with Gasteiger partial charge in [-0.2, -0.15) is 0 Å². The number of allylic oxidation sites excluding steroid dienone is 3. The van der Waals surface area contributed by atoms with Crippen LogP contribution >= 0.6 is 0 Å². The zero-order valence-corrected chi connectivity index (χ0v) is 8.23. The molecule has 4 nitrogen and oxygen atoms in total. The summed E-state index contributed by atoms with van der Waals surface area (Å²) in [5.41, 5.74) is 0.388. The molecule has 0 saturated heterocycles. The molecule has 76 valence electrons. The predicted molar refractivity (Wildman–Crippen MR) is 54.2 cm³/mol. The number of rotatable bonds is 4. The summed E-state index contributed by atoms with van der Waals surface area (Å²) in [5, 5.41) is 17.7. The highest BCUT2D eigenvalue weighted by Gasteiger charge is 2.14. The van der Waals surface area contributed by atoms with Gasteiger partial charge in [0, 0.05) is 0 Å². The Balaban J connectivity index is 4.90. The maximum absolute atomic E-state index is 11.1. The molecule has 0 heterocycles. The summed E-state index contributed by atoms with van der Waals surface area (Å²) in [4.78, 5) is 11.1. The molecule has 0 aliphatic rings. The molecule has 0 bridgehead atoms. The Morgan fingerprint density at radius 1 is 1.50 bits per heavy atom. The van der Waals surface area contributed by atoms with Gasteiger partial charge in [-0.15, -0.1) is 0 Å². The summed E-state index contributed by atoms with van der Waals surface area (Å²) in [5.74, 6) is -0.535. The second-order valence-corrected chi connectivity index (χ2v) is 2.46. The molecule has 0 fully saturated rings. The lowest BCUT2D eigenvalue weighted by molar-refractivity contribution is -0.135. The first kappa shape index (κ1) is 12.7. The lowest BCUT2D eigenvalue weighted by Gasteiger charge is -2.02. The van der Waals surface area contributed by atoms with Crippen LogP contribution in [0.3, 0.4) is 0 Å². The smallest absolute Gasteiger partial charge is 0.465 e. The van der Waals surface area contributed by atoms with E-state index in [1.165, 1.54) is 25.3 Å². The van der Waals surface area contributed by atoms with Crippen molar-refractivity contribution in [3.05, 3.63) is 35.9 Å². The Hall–Kier alpha value is -1.33. The number of ether oxygens (including phenoxy) is 1. The average molecular weight is 196 g/mol. The number of hydrogen-bond donors (Lipinski definition) is 2. The van der Waals surface area contributed by atoms with Crippen LogP contribution < -0.4 is 0 Å². The molecule has 0 amide bonds. The molecule has 0 rings (SSSR count). The van der Waals surface area contributed by atoms with E-state index in [0.29, 0.717) is 0 Å². The van der Waals surface area contributed by atoms with Crippen molar-refractivity contribution in [2.24, 2.45) is 0 Å². The molecule has 0 atom stereocenters. The van der Waals surface area contributed by atoms with Gasteiger partial charge in [0.25, 0.3) is 0 Å². The van der Waals surface area contributed by atoms with E-state index in [1.807, 2.05) is 0 Å². The Kier molecular flexibility index (Phi) is 5.59. The van der Waals surface area contributed by atoms with Crippen LogP contribution in [0.1, 0.15) is 6.92 Å². The summed E-state index contributed by atoms with van der Waals surface area (Å²) in [6.07, 6.45) is 4.08. The van der Waals surface area contributed by atoms with Gasteiger partial charge in [0.1, 0.15) is 0 Å². The van der Waals surface area contributed by atoms with Crippen LogP contribution in [0.5, 0.6) is 0 Å². The maximum Gasteiger partial charge on any atom is 0.488 e. The third-order valence-electron chi connectivity index (χ3n) is 1.59. The van der Waals surface area contributed by atoms with Crippen LogP contribution in [0.2, 0.25) is 0 Å². The zero-order chi connectivity index (χ0) is 11.1. The predicted octanol–water partition coefficient (Wildman–Crippen LogP) is 0.230. The maximum atomic E-state index is 11.1. The third kappa shape index (κ3) is 3.59.